The molecule has 0 atom stereocenters. The van der Waals surface area contributed by atoms with Gasteiger partial charge in [-0.05, 0) is 12.3 Å². The van der Waals surface area contributed by atoms with Gasteiger partial charge >= 0.3 is 0 Å². The number of nitrogens with zero attached hydrogens (tertiary/aromatic N) is 8. The summed E-state index contributed by atoms with van der Waals surface area (Å²) in [5.41, 5.74) is 2.22. The molecular weight excluding hydrogens is 348 g/mol. The van der Waals surface area contributed by atoms with E-state index in [1.54, 1.807) is 28.7 Å². The molecular formula is C17H20N8O2. The summed E-state index contributed by atoms with van der Waals surface area (Å²) in [5, 5.41) is 21.8. The molecule has 0 aromatic carbocycles. The number of methoxy groups -OCH3 is 1. The summed E-state index contributed by atoms with van der Waals surface area (Å²) in [6.07, 6.45) is 1.63. The Balaban J connectivity index is 2.09. The van der Waals surface area contributed by atoms with Gasteiger partial charge in [-0.2, -0.15) is 9.61 Å². The van der Waals surface area contributed by atoms with Crippen molar-refractivity contribution in [3.8, 4) is 28.8 Å². The lowest BCUT2D eigenvalue weighted by Crippen LogP contribution is -2.18. The second-order valence-corrected chi connectivity index (χ2v) is 7.33. The molecule has 0 unspecified atom stereocenters. The smallest absolute Gasteiger partial charge is 0.220 e. The molecule has 0 aliphatic rings. The van der Waals surface area contributed by atoms with Crippen molar-refractivity contribution in [1.82, 2.24) is 39.7 Å². The SMILES string of the molecule is COc1c(C(C)(C)C)c(-c2ncn(C)n2)nn2c(-c3cc(C)on3)nnc12. The first-order chi connectivity index (χ1) is 12.8. The van der Waals surface area contributed by atoms with E-state index < -0.39 is 0 Å². The Morgan fingerprint density at radius 3 is 2.48 bits per heavy atom. The first kappa shape index (κ1) is 17.1. The van der Waals surface area contributed by atoms with Crippen LogP contribution in [-0.4, -0.2) is 46.8 Å². The highest BCUT2D eigenvalue weighted by atomic mass is 16.5. The fourth-order valence-corrected chi connectivity index (χ4v) is 3.01. The number of hydrogen-bond acceptors (Lipinski definition) is 8. The molecule has 0 aliphatic carbocycles. The Morgan fingerprint density at radius 2 is 1.93 bits per heavy atom. The van der Waals surface area contributed by atoms with Gasteiger partial charge < -0.3 is 9.26 Å². The minimum Gasteiger partial charge on any atom is -0.492 e. The summed E-state index contributed by atoms with van der Waals surface area (Å²) >= 11 is 0. The number of hydrogen-bond donors (Lipinski definition) is 0. The summed E-state index contributed by atoms with van der Waals surface area (Å²) in [6.45, 7) is 8.05. The topological polar surface area (TPSA) is 109 Å². The van der Waals surface area contributed by atoms with E-state index in [0.29, 0.717) is 40.2 Å². The van der Waals surface area contributed by atoms with Gasteiger partial charge in [0.15, 0.2) is 11.4 Å². The molecule has 0 aliphatic heterocycles. The Morgan fingerprint density at radius 1 is 1.15 bits per heavy atom. The average molecular weight is 368 g/mol. The van der Waals surface area contributed by atoms with Crippen LogP contribution in [0.3, 0.4) is 0 Å². The van der Waals surface area contributed by atoms with Gasteiger partial charge in [0.25, 0.3) is 0 Å². The molecule has 140 valence electrons. The summed E-state index contributed by atoms with van der Waals surface area (Å²) in [7, 11) is 3.42. The van der Waals surface area contributed by atoms with Crippen molar-refractivity contribution < 1.29 is 9.26 Å². The van der Waals surface area contributed by atoms with Crippen LogP contribution in [0.4, 0.5) is 0 Å². The molecule has 4 aromatic rings. The minimum absolute atomic E-state index is 0.286. The molecule has 0 spiro atoms. The lowest BCUT2D eigenvalue weighted by Gasteiger charge is -2.24. The quantitative estimate of drug-likeness (QED) is 0.541. The van der Waals surface area contributed by atoms with Crippen LogP contribution in [0.25, 0.3) is 28.7 Å². The van der Waals surface area contributed by atoms with Crippen molar-refractivity contribution in [3.05, 3.63) is 23.7 Å². The predicted octanol–water partition coefficient (Wildman–Crippen LogP) is 2.19. The molecule has 0 saturated heterocycles. The molecule has 0 bridgehead atoms. The lowest BCUT2D eigenvalue weighted by atomic mass is 9.85. The van der Waals surface area contributed by atoms with Crippen LogP contribution in [-0.2, 0) is 12.5 Å². The number of aromatic nitrogens is 8. The molecule has 0 fully saturated rings. The fourth-order valence-electron chi connectivity index (χ4n) is 3.01. The Bertz CT molecular complexity index is 1130. The van der Waals surface area contributed by atoms with E-state index in [1.807, 2.05) is 14.0 Å². The Labute approximate surface area is 155 Å². The third-order valence-electron chi connectivity index (χ3n) is 4.13. The van der Waals surface area contributed by atoms with Crippen molar-refractivity contribution in [2.45, 2.75) is 33.1 Å². The first-order valence-corrected chi connectivity index (χ1v) is 8.43. The van der Waals surface area contributed by atoms with Gasteiger partial charge in [0.1, 0.15) is 17.8 Å². The van der Waals surface area contributed by atoms with Crippen molar-refractivity contribution in [2.75, 3.05) is 7.11 Å². The normalized spacial score (nSPS) is 12.1. The standard InChI is InChI=1S/C17H20N8O2/c1-9-7-10(23-27-9)15-19-20-16-13(26-6)11(17(2,3)4)12(21-25(15)16)14-18-8-24(5)22-14/h7-8H,1-6H3. The predicted molar refractivity (Wildman–Crippen MR) is 96.3 cm³/mol. The van der Waals surface area contributed by atoms with Crippen LogP contribution in [0.5, 0.6) is 5.75 Å². The van der Waals surface area contributed by atoms with E-state index in [1.165, 1.54) is 0 Å². The van der Waals surface area contributed by atoms with Gasteiger partial charge in [-0.25, -0.2) is 4.98 Å². The molecule has 4 heterocycles. The van der Waals surface area contributed by atoms with E-state index in [4.69, 9.17) is 14.4 Å². The Kier molecular flexibility index (Phi) is 3.72. The van der Waals surface area contributed by atoms with Gasteiger partial charge in [0.2, 0.25) is 17.3 Å². The van der Waals surface area contributed by atoms with Crippen LogP contribution in [0.15, 0.2) is 16.9 Å². The molecule has 10 nitrogen and oxygen atoms in total. The van der Waals surface area contributed by atoms with Crippen molar-refractivity contribution in [1.29, 1.82) is 0 Å². The number of aryl methyl sites for hydroxylation is 2. The molecule has 0 radical (unpaired) electrons. The molecule has 10 heteroatoms. The zero-order chi connectivity index (χ0) is 19.3. The van der Waals surface area contributed by atoms with Gasteiger partial charge in [-0.3, -0.25) is 4.68 Å². The third kappa shape index (κ3) is 2.73. The second kappa shape index (κ2) is 5.86. The molecule has 4 aromatic heterocycles. The van der Waals surface area contributed by atoms with Crippen LogP contribution < -0.4 is 4.74 Å². The zero-order valence-electron chi connectivity index (χ0n) is 16.0. The number of rotatable bonds is 3. The second-order valence-electron chi connectivity index (χ2n) is 7.33. The van der Waals surface area contributed by atoms with Gasteiger partial charge in [0.05, 0.1) is 7.11 Å². The largest absolute Gasteiger partial charge is 0.492 e. The highest BCUT2D eigenvalue weighted by molar-refractivity contribution is 5.71. The van der Waals surface area contributed by atoms with Crippen LogP contribution in [0.2, 0.25) is 0 Å². The highest BCUT2D eigenvalue weighted by Crippen LogP contribution is 2.39. The molecule has 27 heavy (non-hydrogen) atoms. The zero-order valence-corrected chi connectivity index (χ0v) is 16.0. The van der Waals surface area contributed by atoms with Crippen LogP contribution in [0, 0.1) is 6.92 Å². The van der Waals surface area contributed by atoms with Gasteiger partial charge in [0, 0.05) is 18.7 Å². The maximum Gasteiger partial charge on any atom is 0.220 e. The lowest BCUT2D eigenvalue weighted by molar-refractivity contribution is 0.397. The van der Waals surface area contributed by atoms with Crippen molar-refractivity contribution in [2.24, 2.45) is 7.05 Å². The van der Waals surface area contributed by atoms with E-state index in [-0.39, 0.29) is 5.41 Å². The van der Waals surface area contributed by atoms with Crippen LogP contribution in [0.1, 0.15) is 32.1 Å². The summed E-state index contributed by atoms with van der Waals surface area (Å²) in [5.74, 6) is 2.21. The monoisotopic (exact) mass is 368 g/mol. The summed E-state index contributed by atoms with van der Waals surface area (Å²) in [4.78, 5) is 4.38. The minimum atomic E-state index is -0.286. The highest BCUT2D eigenvalue weighted by Gasteiger charge is 2.31. The molecule has 0 N–H and O–H groups in total. The average Bonchev–Trinajstić information content (AvgIpc) is 3.31. The maximum absolute atomic E-state index is 5.74. The molecule has 0 saturated carbocycles. The number of ether oxygens (including phenoxy) is 1. The van der Waals surface area contributed by atoms with E-state index >= 15 is 0 Å². The molecule has 4 rings (SSSR count). The van der Waals surface area contributed by atoms with Gasteiger partial charge in [-0.1, -0.05) is 25.9 Å². The number of fused-ring (bicyclic) bond motifs is 1. The third-order valence-corrected chi connectivity index (χ3v) is 4.13. The Hall–Kier alpha value is -3.30. The van der Waals surface area contributed by atoms with Gasteiger partial charge in [-0.15, -0.1) is 15.3 Å². The first-order valence-electron chi connectivity index (χ1n) is 8.43. The van der Waals surface area contributed by atoms with Crippen molar-refractivity contribution in [3.63, 3.8) is 0 Å². The van der Waals surface area contributed by atoms with E-state index in [2.05, 4.69) is 46.2 Å². The summed E-state index contributed by atoms with van der Waals surface area (Å²) in [6, 6.07) is 1.78. The fraction of sp³-hybridized carbons (Fsp3) is 0.412. The molecule has 0 amide bonds. The van der Waals surface area contributed by atoms with E-state index in [9.17, 15) is 0 Å². The summed E-state index contributed by atoms with van der Waals surface area (Å²) < 4.78 is 14.1. The maximum atomic E-state index is 5.74. The van der Waals surface area contributed by atoms with Crippen molar-refractivity contribution >= 4 is 5.65 Å². The van der Waals surface area contributed by atoms with E-state index in [0.717, 1.165) is 5.56 Å². The van der Waals surface area contributed by atoms with Crippen LogP contribution >= 0.6 is 0 Å².